The van der Waals surface area contributed by atoms with Crippen molar-refractivity contribution in [3.8, 4) is 5.75 Å². The molecule has 1 atom stereocenters. The summed E-state index contributed by atoms with van der Waals surface area (Å²) < 4.78 is 7.33. The molecule has 0 bridgehead atoms. The molecule has 212 valence electrons. The van der Waals surface area contributed by atoms with Crippen LogP contribution in [0.3, 0.4) is 0 Å². The molecule has 3 aliphatic rings. The van der Waals surface area contributed by atoms with Gasteiger partial charge in [0.05, 0.1) is 43.8 Å². The maximum atomic E-state index is 12.1. The van der Waals surface area contributed by atoms with Crippen LogP contribution in [0, 0.1) is 0 Å². The molecule has 1 saturated carbocycles. The van der Waals surface area contributed by atoms with Crippen molar-refractivity contribution in [2.75, 3.05) is 39.3 Å². The van der Waals surface area contributed by atoms with E-state index in [0.29, 0.717) is 6.61 Å². The number of nitrogens with zero attached hydrogens (tertiary/aromatic N) is 1. The van der Waals surface area contributed by atoms with E-state index in [-0.39, 0.29) is 30.7 Å². The molecule has 0 aromatic heterocycles. The molecule has 4 nitrogen and oxygen atoms in total. The quantitative estimate of drug-likeness (QED) is 0.334. The van der Waals surface area contributed by atoms with Crippen LogP contribution in [-0.4, -0.2) is 60.6 Å². The average Bonchev–Trinajstić information content (AvgIpc) is 2.94. The first kappa shape index (κ1) is 31.2. The normalized spacial score (nSPS) is 21.9. The zero-order valence-electron chi connectivity index (χ0n) is 23.0. The maximum Gasteiger partial charge on any atom is 0.119 e. The van der Waals surface area contributed by atoms with Gasteiger partial charge in [-0.3, -0.25) is 0 Å². The first-order chi connectivity index (χ1) is 17.7. The number of aliphatic hydroxyl groups is 1. The molecule has 2 saturated heterocycles. The number of nitrogens with one attached hydrogen (secondary N) is 1. The molecule has 2 aromatic rings. The summed E-state index contributed by atoms with van der Waals surface area (Å²) in [5.41, 5.74) is 2.04. The number of likely N-dealkylation sites (tertiary alicyclic amines) is 1. The third kappa shape index (κ3) is 7.67. The first-order valence-corrected chi connectivity index (χ1v) is 14.7. The Morgan fingerprint density at radius 3 is 2.13 bits per heavy atom. The summed E-state index contributed by atoms with van der Waals surface area (Å²) in [6, 6.07) is 20.1. The lowest BCUT2D eigenvalue weighted by atomic mass is 9.71. The zero-order valence-corrected chi connectivity index (χ0v) is 24.6. The minimum atomic E-state index is -0.580. The molecule has 0 amide bonds. The van der Waals surface area contributed by atoms with Crippen molar-refractivity contribution in [3.63, 3.8) is 0 Å². The van der Waals surface area contributed by atoms with E-state index in [1.54, 1.807) is 0 Å². The molecule has 0 radical (unpaired) electrons. The number of hydrogen-bond donors (Lipinski definition) is 2. The van der Waals surface area contributed by atoms with Crippen LogP contribution in [0.1, 0.15) is 81.3 Å². The fraction of sp³-hybridized carbons (Fsp3) is 0.625. The Morgan fingerprint density at radius 2 is 1.47 bits per heavy atom. The highest BCUT2D eigenvalue weighted by atomic mass is 35.5. The number of halogens is 2. The molecule has 2 aromatic carbocycles. The Balaban J connectivity index is 0.00000200. The van der Waals surface area contributed by atoms with Crippen LogP contribution in [0.5, 0.6) is 5.75 Å². The summed E-state index contributed by atoms with van der Waals surface area (Å²) >= 11 is 0. The molecule has 1 unspecified atom stereocenters. The van der Waals surface area contributed by atoms with E-state index in [4.69, 9.17) is 4.74 Å². The van der Waals surface area contributed by atoms with Gasteiger partial charge in [-0.05, 0) is 55.4 Å². The standard InChI is InChI=1S/C32H47N2O2.2ClH/c35-32(19-6-2-7-20-32)31(26-34(23-8-3-9-24-34)29-16-21-33-22-17-29)28-12-14-30(15-13-28)36-25-18-27-10-4-1-5-11-27;;/h1,4-5,10-15,29,31,33,35H,2-3,6-9,16-26H2;2*1H/q+1;;. The van der Waals surface area contributed by atoms with Gasteiger partial charge in [-0.15, -0.1) is 24.8 Å². The lowest BCUT2D eigenvalue weighted by Crippen LogP contribution is -2.63. The van der Waals surface area contributed by atoms with Crippen LogP contribution in [0.4, 0.5) is 0 Å². The maximum absolute atomic E-state index is 12.1. The predicted octanol–water partition coefficient (Wildman–Crippen LogP) is 6.68. The second-order valence-corrected chi connectivity index (χ2v) is 11.8. The smallest absolute Gasteiger partial charge is 0.119 e. The van der Waals surface area contributed by atoms with Gasteiger partial charge in [0, 0.05) is 32.4 Å². The summed E-state index contributed by atoms with van der Waals surface area (Å²) in [4.78, 5) is 0. The van der Waals surface area contributed by atoms with Crippen LogP contribution >= 0.6 is 24.8 Å². The van der Waals surface area contributed by atoms with E-state index in [0.717, 1.165) is 63.5 Å². The van der Waals surface area contributed by atoms with E-state index >= 15 is 0 Å². The number of hydrogen-bond acceptors (Lipinski definition) is 3. The zero-order chi connectivity index (χ0) is 24.7. The van der Waals surface area contributed by atoms with Crippen LogP contribution in [0.25, 0.3) is 0 Å². The van der Waals surface area contributed by atoms with Gasteiger partial charge >= 0.3 is 0 Å². The Hall–Kier alpha value is -1.30. The van der Waals surface area contributed by atoms with Crippen molar-refractivity contribution in [2.24, 2.45) is 0 Å². The summed E-state index contributed by atoms with van der Waals surface area (Å²) in [7, 11) is 0. The monoisotopic (exact) mass is 563 g/mol. The molecular weight excluding hydrogens is 515 g/mol. The van der Waals surface area contributed by atoms with Gasteiger partial charge in [0.1, 0.15) is 5.75 Å². The number of ether oxygens (including phenoxy) is 1. The second-order valence-electron chi connectivity index (χ2n) is 11.8. The molecule has 2 N–H and O–H groups in total. The summed E-state index contributed by atoms with van der Waals surface area (Å²) in [6.07, 6.45) is 13.0. The van der Waals surface area contributed by atoms with Gasteiger partial charge in [-0.2, -0.15) is 0 Å². The van der Waals surface area contributed by atoms with E-state index in [1.165, 1.54) is 67.2 Å². The summed E-state index contributed by atoms with van der Waals surface area (Å²) in [6.45, 7) is 6.65. The molecular formula is C32H49Cl2N2O2+. The van der Waals surface area contributed by atoms with Crippen LogP contribution in [0.2, 0.25) is 0 Å². The molecule has 0 spiro atoms. The fourth-order valence-electron chi connectivity index (χ4n) is 7.38. The molecule has 2 aliphatic heterocycles. The Morgan fingerprint density at radius 1 is 0.842 bits per heavy atom. The van der Waals surface area contributed by atoms with Crippen molar-refractivity contribution in [2.45, 2.75) is 88.2 Å². The summed E-state index contributed by atoms with van der Waals surface area (Å²) in [5.74, 6) is 1.13. The largest absolute Gasteiger partial charge is 0.493 e. The third-order valence-corrected chi connectivity index (χ3v) is 9.49. The van der Waals surface area contributed by atoms with Gasteiger partial charge in [-0.25, -0.2) is 0 Å². The highest BCUT2D eigenvalue weighted by Crippen LogP contribution is 2.43. The lowest BCUT2D eigenvalue weighted by Gasteiger charge is -2.52. The minimum Gasteiger partial charge on any atom is -0.493 e. The van der Waals surface area contributed by atoms with Gasteiger partial charge < -0.3 is 19.6 Å². The van der Waals surface area contributed by atoms with Gasteiger partial charge in [0.2, 0.25) is 0 Å². The molecule has 3 fully saturated rings. The lowest BCUT2D eigenvalue weighted by molar-refractivity contribution is -0.958. The Bertz CT molecular complexity index is 922. The predicted molar refractivity (Wildman–Crippen MR) is 162 cm³/mol. The minimum absolute atomic E-state index is 0. The first-order valence-electron chi connectivity index (χ1n) is 14.7. The molecule has 1 aliphatic carbocycles. The fourth-order valence-corrected chi connectivity index (χ4v) is 7.38. The SMILES string of the molecule is Cl.Cl.OC1(C(C[N+]2(C3CCNCC3)CCCCC2)c2ccc(OCCc3ccccc3)cc2)CCCCC1. The Kier molecular flexibility index (Phi) is 12.3. The van der Waals surface area contributed by atoms with E-state index in [9.17, 15) is 5.11 Å². The number of quaternary nitrogens is 1. The number of rotatable bonds is 9. The van der Waals surface area contributed by atoms with E-state index in [2.05, 4.69) is 59.9 Å². The van der Waals surface area contributed by atoms with Crippen molar-refractivity contribution >= 4 is 24.8 Å². The van der Waals surface area contributed by atoms with E-state index < -0.39 is 5.60 Å². The second kappa shape index (κ2) is 14.9. The van der Waals surface area contributed by atoms with Crippen LogP contribution in [0.15, 0.2) is 54.6 Å². The van der Waals surface area contributed by atoms with Crippen molar-refractivity contribution < 1.29 is 14.3 Å². The van der Waals surface area contributed by atoms with Gasteiger partial charge in [0.15, 0.2) is 0 Å². The van der Waals surface area contributed by atoms with Crippen molar-refractivity contribution in [3.05, 3.63) is 65.7 Å². The van der Waals surface area contributed by atoms with Crippen molar-refractivity contribution in [1.29, 1.82) is 0 Å². The van der Waals surface area contributed by atoms with Crippen LogP contribution < -0.4 is 10.1 Å². The number of piperidine rings is 2. The summed E-state index contributed by atoms with van der Waals surface area (Å²) in [5, 5.41) is 15.7. The average molecular weight is 565 g/mol. The third-order valence-electron chi connectivity index (χ3n) is 9.49. The van der Waals surface area contributed by atoms with Gasteiger partial charge in [0.25, 0.3) is 0 Å². The van der Waals surface area contributed by atoms with Gasteiger partial charge in [-0.1, -0.05) is 61.7 Å². The topological polar surface area (TPSA) is 41.5 Å². The molecule has 38 heavy (non-hydrogen) atoms. The Labute approximate surface area is 243 Å². The van der Waals surface area contributed by atoms with Crippen molar-refractivity contribution in [1.82, 2.24) is 5.32 Å². The molecule has 2 heterocycles. The van der Waals surface area contributed by atoms with Crippen LogP contribution in [-0.2, 0) is 6.42 Å². The highest BCUT2D eigenvalue weighted by molar-refractivity contribution is 5.85. The highest BCUT2D eigenvalue weighted by Gasteiger charge is 2.47. The van der Waals surface area contributed by atoms with E-state index in [1.807, 2.05) is 0 Å². The molecule has 6 heteroatoms. The number of benzene rings is 2. The molecule has 5 rings (SSSR count).